The van der Waals surface area contributed by atoms with Crippen molar-refractivity contribution in [3.05, 3.63) is 52.8 Å². The van der Waals surface area contributed by atoms with Crippen molar-refractivity contribution in [2.24, 2.45) is 0 Å². The van der Waals surface area contributed by atoms with Gasteiger partial charge in [-0.3, -0.25) is 4.98 Å². The van der Waals surface area contributed by atoms with Gasteiger partial charge in [-0.2, -0.15) is 0 Å². The van der Waals surface area contributed by atoms with Crippen molar-refractivity contribution in [1.29, 1.82) is 0 Å². The summed E-state index contributed by atoms with van der Waals surface area (Å²) in [7, 11) is 0. The van der Waals surface area contributed by atoms with E-state index in [9.17, 15) is 0 Å². The normalized spacial score (nSPS) is 10.9. The minimum atomic E-state index is 0.630. The van der Waals surface area contributed by atoms with Crippen molar-refractivity contribution in [2.75, 3.05) is 0 Å². The lowest BCUT2D eigenvalue weighted by Crippen LogP contribution is -1.76. The Balaban J connectivity index is 2.24. The van der Waals surface area contributed by atoms with Crippen molar-refractivity contribution in [3.63, 3.8) is 0 Å². The quantitative estimate of drug-likeness (QED) is 0.686. The molecule has 0 amide bonds. The molecule has 0 atom stereocenters. The Kier molecular flexibility index (Phi) is 2.54. The molecule has 84 valence electrons. The minimum Gasteiger partial charge on any atom is -0.354 e. The van der Waals surface area contributed by atoms with E-state index in [0.717, 1.165) is 22.2 Å². The molecule has 0 saturated carbocycles. The first-order valence-electron chi connectivity index (χ1n) is 5.12. The molecule has 17 heavy (non-hydrogen) atoms. The highest BCUT2D eigenvalue weighted by Crippen LogP contribution is 2.31. The van der Waals surface area contributed by atoms with E-state index in [-0.39, 0.29) is 0 Å². The van der Waals surface area contributed by atoms with E-state index in [4.69, 9.17) is 23.2 Å². The lowest BCUT2D eigenvalue weighted by molar-refractivity contribution is 1.32. The molecule has 3 aromatic rings. The molecular formula is C13H8Cl2N2. The van der Waals surface area contributed by atoms with Gasteiger partial charge in [-0.05, 0) is 30.3 Å². The standard InChI is InChI=1S/C13H8Cl2N2/c14-9-5-11(15)10-7-12(17-13(10)6-9)8-1-3-16-4-2-8/h1-7,17H. The molecule has 0 aliphatic heterocycles. The Morgan fingerprint density at radius 1 is 1.00 bits per heavy atom. The van der Waals surface area contributed by atoms with Gasteiger partial charge in [0.05, 0.1) is 5.02 Å². The number of nitrogens with one attached hydrogen (secondary N) is 1. The number of fused-ring (bicyclic) bond motifs is 1. The van der Waals surface area contributed by atoms with Crippen LogP contribution in [0.2, 0.25) is 10.0 Å². The second kappa shape index (κ2) is 4.06. The Morgan fingerprint density at radius 3 is 2.53 bits per heavy atom. The van der Waals surface area contributed by atoms with Crippen LogP contribution in [0, 0.1) is 0 Å². The first kappa shape index (κ1) is 10.6. The van der Waals surface area contributed by atoms with E-state index in [2.05, 4.69) is 9.97 Å². The Morgan fingerprint density at radius 2 is 1.76 bits per heavy atom. The van der Waals surface area contributed by atoms with Crippen LogP contribution in [0.25, 0.3) is 22.2 Å². The maximum Gasteiger partial charge on any atom is 0.0514 e. The van der Waals surface area contributed by atoms with E-state index in [1.54, 1.807) is 18.5 Å². The van der Waals surface area contributed by atoms with Gasteiger partial charge in [0.2, 0.25) is 0 Å². The van der Waals surface area contributed by atoms with Crippen molar-refractivity contribution < 1.29 is 0 Å². The topological polar surface area (TPSA) is 28.7 Å². The Hall–Kier alpha value is -1.51. The van der Waals surface area contributed by atoms with Crippen molar-refractivity contribution in [1.82, 2.24) is 9.97 Å². The molecule has 4 heteroatoms. The Labute approximate surface area is 108 Å². The molecule has 0 fully saturated rings. The number of benzene rings is 1. The minimum absolute atomic E-state index is 0.630. The summed E-state index contributed by atoms with van der Waals surface area (Å²) in [6, 6.07) is 9.52. The summed E-state index contributed by atoms with van der Waals surface area (Å²) in [5.74, 6) is 0. The molecule has 0 unspecified atom stereocenters. The van der Waals surface area contributed by atoms with Gasteiger partial charge < -0.3 is 4.98 Å². The fourth-order valence-corrected chi connectivity index (χ4v) is 2.40. The van der Waals surface area contributed by atoms with Crippen LogP contribution in [0.1, 0.15) is 0 Å². The summed E-state index contributed by atoms with van der Waals surface area (Å²) in [6.07, 6.45) is 3.52. The molecule has 2 heterocycles. The van der Waals surface area contributed by atoms with Gasteiger partial charge in [-0.25, -0.2) is 0 Å². The summed E-state index contributed by atoms with van der Waals surface area (Å²) in [5.41, 5.74) is 3.02. The van der Waals surface area contributed by atoms with E-state index < -0.39 is 0 Å². The van der Waals surface area contributed by atoms with Gasteiger partial charge in [0.25, 0.3) is 0 Å². The van der Waals surface area contributed by atoms with Crippen LogP contribution < -0.4 is 0 Å². The summed E-state index contributed by atoms with van der Waals surface area (Å²) in [4.78, 5) is 7.29. The first-order chi connectivity index (χ1) is 8.24. The molecule has 1 N–H and O–H groups in total. The molecule has 0 bridgehead atoms. The van der Waals surface area contributed by atoms with Crippen LogP contribution in [0.3, 0.4) is 0 Å². The number of hydrogen-bond donors (Lipinski definition) is 1. The number of halogens is 2. The highest BCUT2D eigenvalue weighted by Gasteiger charge is 2.07. The second-order valence-electron chi connectivity index (χ2n) is 3.77. The van der Waals surface area contributed by atoms with Gasteiger partial charge in [0.1, 0.15) is 0 Å². The number of aromatic amines is 1. The third kappa shape index (κ3) is 1.90. The number of rotatable bonds is 1. The average Bonchev–Trinajstić information content (AvgIpc) is 2.74. The molecule has 2 nitrogen and oxygen atoms in total. The average molecular weight is 263 g/mol. The van der Waals surface area contributed by atoms with Gasteiger partial charge in [0.15, 0.2) is 0 Å². The number of aromatic nitrogens is 2. The number of nitrogens with zero attached hydrogens (tertiary/aromatic N) is 1. The summed E-state index contributed by atoms with van der Waals surface area (Å²) in [5, 5.41) is 2.26. The molecule has 0 aliphatic carbocycles. The molecule has 2 aromatic heterocycles. The zero-order chi connectivity index (χ0) is 11.8. The number of hydrogen-bond acceptors (Lipinski definition) is 1. The monoisotopic (exact) mass is 262 g/mol. The molecular weight excluding hydrogens is 255 g/mol. The molecule has 0 spiro atoms. The van der Waals surface area contributed by atoms with Crippen LogP contribution in [-0.2, 0) is 0 Å². The summed E-state index contributed by atoms with van der Waals surface area (Å²) >= 11 is 12.1. The predicted molar refractivity (Wildman–Crippen MR) is 71.5 cm³/mol. The van der Waals surface area contributed by atoms with Crippen LogP contribution >= 0.6 is 23.2 Å². The van der Waals surface area contributed by atoms with Gasteiger partial charge >= 0.3 is 0 Å². The maximum absolute atomic E-state index is 6.15. The molecule has 0 radical (unpaired) electrons. The van der Waals surface area contributed by atoms with Gasteiger partial charge in [0, 0.05) is 39.6 Å². The fourth-order valence-electron chi connectivity index (χ4n) is 1.85. The number of H-pyrrole nitrogens is 1. The predicted octanol–water partition coefficient (Wildman–Crippen LogP) is 4.54. The second-order valence-corrected chi connectivity index (χ2v) is 4.61. The van der Waals surface area contributed by atoms with E-state index in [0.29, 0.717) is 10.0 Å². The van der Waals surface area contributed by atoms with Crippen molar-refractivity contribution in [2.45, 2.75) is 0 Å². The fraction of sp³-hybridized carbons (Fsp3) is 0. The maximum atomic E-state index is 6.15. The van der Waals surface area contributed by atoms with Gasteiger partial charge in [-0.15, -0.1) is 0 Å². The third-order valence-corrected chi connectivity index (χ3v) is 3.17. The molecule has 0 aliphatic rings. The van der Waals surface area contributed by atoms with Gasteiger partial charge in [-0.1, -0.05) is 23.2 Å². The Bertz CT molecular complexity index is 674. The molecule has 1 aromatic carbocycles. The zero-order valence-corrected chi connectivity index (χ0v) is 10.3. The van der Waals surface area contributed by atoms with Crippen molar-refractivity contribution in [3.8, 4) is 11.3 Å². The van der Waals surface area contributed by atoms with Crippen LogP contribution in [0.5, 0.6) is 0 Å². The first-order valence-corrected chi connectivity index (χ1v) is 5.88. The lowest BCUT2D eigenvalue weighted by atomic mass is 10.2. The molecule has 0 saturated heterocycles. The van der Waals surface area contributed by atoms with Crippen molar-refractivity contribution >= 4 is 34.1 Å². The van der Waals surface area contributed by atoms with Crippen LogP contribution in [0.15, 0.2) is 42.7 Å². The van der Waals surface area contributed by atoms with E-state index in [1.807, 2.05) is 24.3 Å². The largest absolute Gasteiger partial charge is 0.354 e. The zero-order valence-electron chi connectivity index (χ0n) is 8.74. The SMILES string of the molecule is Clc1cc(Cl)c2cc(-c3ccncc3)[nH]c2c1. The molecule has 3 rings (SSSR count). The summed E-state index contributed by atoms with van der Waals surface area (Å²) in [6.45, 7) is 0. The van der Waals surface area contributed by atoms with Crippen LogP contribution in [-0.4, -0.2) is 9.97 Å². The van der Waals surface area contributed by atoms with Crippen LogP contribution in [0.4, 0.5) is 0 Å². The third-order valence-electron chi connectivity index (χ3n) is 2.64. The highest BCUT2D eigenvalue weighted by molar-refractivity contribution is 6.38. The highest BCUT2D eigenvalue weighted by atomic mass is 35.5. The lowest BCUT2D eigenvalue weighted by Gasteiger charge is -1.95. The smallest absolute Gasteiger partial charge is 0.0514 e. The number of pyridine rings is 1. The van der Waals surface area contributed by atoms with E-state index >= 15 is 0 Å². The summed E-state index contributed by atoms with van der Waals surface area (Å²) < 4.78 is 0. The van der Waals surface area contributed by atoms with E-state index in [1.165, 1.54) is 0 Å².